The predicted molar refractivity (Wildman–Crippen MR) is 90.4 cm³/mol. The van der Waals surface area contributed by atoms with Crippen LogP contribution in [0.2, 0.25) is 0 Å². The van der Waals surface area contributed by atoms with Crippen molar-refractivity contribution < 1.29 is 14.7 Å². The van der Waals surface area contributed by atoms with E-state index in [-0.39, 0.29) is 18.5 Å². The number of nitrogens with zero attached hydrogens (tertiary/aromatic N) is 3. The number of aromatic nitrogens is 1. The Kier molecular flexibility index (Phi) is 4.46. The fourth-order valence-corrected chi connectivity index (χ4v) is 2.56. The predicted octanol–water partition coefficient (Wildman–Crippen LogP) is 2.54. The molecule has 1 aliphatic rings. The molecule has 124 valence electrons. The van der Waals surface area contributed by atoms with E-state index >= 15 is 0 Å². The molecule has 0 unspecified atom stereocenters. The van der Waals surface area contributed by atoms with E-state index in [1.165, 1.54) is 11.1 Å². The van der Waals surface area contributed by atoms with Gasteiger partial charge in [0.25, 0.3) is 5.91 Å². The van der Waals surface area contributed by atoms with Gasteiger partial charge >= 0.3 is 5.97 Å². The van der Waals surface area contributed by atoms with Crippen LogP contribution in [0.25, 0.3) is 0 Å². The van der Waals surface area contributed by atoms with E-state index in [2.05, 4.69) is 4.98 Å². The number of carboxylic acids is 1. The van der Waals surface area contributed by atoms with Crippen LogP contribution in [0.4, 0.5) is 11.5 Å². The van der Waals surface area contributed by atoms with E-state index in [0.29, 0.717) is 11.4 Å². The molecule has 1 fully saturated rings. The van der Waals surface area contributed by atoms with Gasteiger partial charge < -0.3 is 14.9 Å². The Morgan fingerprint density at radius 2 is 1.88 bits per heavy atom. The molecule has 0 spiro atoms. The molecule has 1 N–H and O–H groups in total. The van der Waals surface area contributed by atoms with Crippen LogP contribution in [0.3, 0.4) is 0 Å². The molecule has 1 aromatic heterocycles. The molecule has 0 saturated heterocycles. The third-order valence-corrected chi connectivity index (χ3v) is 4.04. The van der Waals surface area contributed by atoms with Crippen LogP contribution in [-0.2, 0) is 4.79 Å². The lowest BCUT2D eigenvalue weighted by molar-refractivity contribution is -0.137. The molecule has 6 heteroatoms. The van der Waals surface area contributed by atoms with Crippen molar-refractivity contribution in [3.8, 4) is 0 Å². The van der Waals surface area contributed by atoms with Gasteiger partial charge in [0.1, 0.15) is 12.4 Å². The maximum absolute atomic E-state index is 12.5. The van der Waals surface area contributed by atoms with Crippen molar-refractivity contribution in [2.24, 2.45) is 0 Å². The quantitative estimate of drug-likeness (QED) is 0.883. The summed E-state index contributed by atoms with van der Waals surface area (Å²) in [6.45, 7) is -0.269. The van der Waals surface area contributed by atoms with Crippen LogP contribution >= 0.6 is 0 Å². The second kappa shape index (κ2) is 6.70. The first-order valence-corrected chi connectivity index (χ1v) is 7.84. The highest BCUT2D eigenvalue weighted by molar-refractivity contribution is 5.96. The van der Waals surface area contributed by atoms with Crippen molar-refractivity contribution in [1.82, 2.24) is 9.88 Å². The number of aliphatic carboxylic acids is 1. The van der Waals surface area contributed by atoms with Crippen LogP contribution in [0.5, 0.6) is 0 Å². The molecule has 0 aliphatic heterocycles. The number of hydrogen-bond acceptors (Lipinski definition) is 4. The summed E-state index contributed by atoms with van der Waals surface area (Å²) in [4.78, 5) is 31.2. The summed E-state index contributed by atoms with van der Waals surface area (Å²) in [7, 11) is 1.90. The lowest BCUT2D eigenvalue weighted by Gasteiger charge is -2.21. The summed E-state index contributed by atoms with van der Waals surface area (Å²) in [5.41, 5.74) is 1.41. The van der Waals surface area contributed by atoms with Crippen molar-refractivity contribution >= 4 is 23.4 Å². The molecule has 0 atom stereocenters. The van der Waals surface area contributed by atoms with E-state index in [1.807, 2.05) is 42.3 Å². The fraction of sp³-hybridized carbons (Fsp3) is 0.278. The summed E-state index contributed by atoms with van der Waals surface area (Å²) in [6, 6.07) is 13.3. The van der Waals surface area contributed by atoms with Gasteiger partial charge in [-0.15, -0.1) is 0 Å². The third-order valence-electron chi connectivity index (χ3n) is 4.04. The topological polar surface area (TPSA) is 73.7 Å². The van der Waals surface area contributed by atoms with Crippen molar-refractivity contribution in [2.45, 2.75) is 18.9 Å². The van der Waals surface area contributed by atoms with Crippen LogP contribution in [0.1, 0.15) is 23.2 Å². The number of anilines is 2. The monoisotopic (exact) mass is 325 g/mol. The fourth-order valence-electron chi connectivity index (χ4n) is 2.56. The molecule has 1 saturated carbocycles. The highest BCUT2D eigenvalue weighted by Crippen LogP contribution is 2.28. The molecule has 1 aliphatic carbocycles. The van der Waals surface area contributed by atoms with Crippen LogP contribution in [0.15, 0.2) is 48.7 Å². The normalized spacial score (nSPS) is 13.4. The smallest absolute Gasteiger partial charge is 0.323 e. The summed E-state index contributed by atoms with van der Waals surface area (Å²) in [5.74, 6) is -0.557. The minimum absolute atomic E-state index is 0.0419. The molecule has 24 heavy (non-hydrogen) atoms. The molecular formula is C18H19N3O3. The minimum Gasteiger partial charge on any atom is -0.480 e. The van der Waals surface area contributed by atoms with Crippen molar-refractivity contribution in [2.75, 3.05) is 18.5 Å². The molecule has 1 aromatic carbocycles. The maximum Gasteiger partial charge on any atom is 0.323 e. The number of carbonyl (C=O) groups excluding carboxylic acids is 1. The van der Waals surface area contributed by atoms with Crippen molar-refractivity contribution in [1.29, 1.82) is 0 Å². The molecular weight excluding hydrogens is 306 g/mol. The van der Waals surface area contributed by atoms with Gasteiger partial charge in [-0.2, -0.15) is 0 Å². The number of carboxylic acid groups (broad SMARTS) is 1. The number of rotatable bonds is 6. The number of amides is 1. The number of pyridine rings is 1. The number of para-hydroxylation sites is 1. The Labute approximate surface area is 140 Å². The van der Waals surface area contributed by atoms with E-state index in [0.717, 1.165) is 18.5 Å². The van der Waals surface area contributed by atoms with Gasteiger partial charge in [-0.05, 0) is 37.1 Å². The van der Waals surface area contributed by atoms with E-state index in [1.54, 1.807) is 12.1 Å². The minimum atomic E-state index is -0.997. The first kappa shape index (κ1) is 16.0. The maximum atomic E-state index is 12.5. The Morgan fingerprint density at radius 3 is 2.42 bits per heavy atom. The van der Waals surface area contributed by atoms with Crippen LogP contribution in [0, 0.1) is 0 Å². The van der Waals surface area contributed by atoms with Gasteiger partial charge in [-0.25, -0.2) is 4.98 Å². The Balaban J connectivity index is 1.76. The van der Waals surface area contributed by atoms with E-state index in [4.69, 9.17) is 5.11 Å². The van der Waals surface area contributed by atoms with Gasteiger partial charge in [0, 0.05) is 25.0 Å². The SMILES string of the molecule is CN(c1ccccc1)c1ccc(C(=O)N(CC(=O)O)C2CC2)cn1. The molecule has 2 aromatic rings. The zero-order valence-electron chi connectivity index (χ0n) is 13.4. The Bertz CT molecular complexity index is 727. The van der Waals surface area contributed by atoms with Gasteiger partial charge in [0.2, 0.25) is 0 Å². The van der Waals surface area contributed by atoms with Gasteiger partial charge in [-0.1, -0.05) is 18.2 Å². The lowest BCUT2D eigenvalue weighted by atomic mass is 10.2. The highest BCUT2D eigenvalue weighted by Gasteiger charge is 2.34. The molecule has 0 radical (unpaired) electrons. The summed E-state index contributed by atoms with van der Waals surface area (Å²) in [5, 5.41) is 8.98. The first-order chi connectivity index (χ1) is 11.6. The van der Waals surface area contributed by atoms with Gasteiger partial charge in [0.05, 0.1) is 5.56 Å². The van der Waals surface area contributed by atoms with Crippen molar-refractivity contribution in [3.05, 3.63) is 54.2 Å². The first-order valence-electron chi connectivity index (χ1n) is 7.84. The van der Waals surface area contributed by atoms with Gasteiger partial charge in [0.15, 0.2) is 0 Å². The third kappa shape index (κ3) is 3.53. The molecule has 3 rings (SSSR count). The molecule has 6 nitrogen and oxygen atoms in total. The average molecular weight is 325 g/mol. The zero-order chi connectivity index (χ0) is 17.1. The lowest BCUT2D eigenvalue weighted by Crippen LogP contribution is -2.37. The molecule has 0 bridgehead atoms. The van der Waals surface area contributed by atoms with Gasteiger partial charge in [-0.3, -0.25) is 9.59 Å². The second-order valence-electron chi connectivity index (χ2n) is 5.86. The second-order valence-corrected chi connectivity index (χ2v) is 5.86. The summed E-state index contributed by atoms with van der Waals surface area (Å²) >= 11 is 0. The van der Waals surface area contributed by atoms with Crippen molar-refractivity contribution in [3.63, 3.8) is 0 Å². The summed E-state index contributed by atoms with van der Waals surface area (Å²) < 4.78 is 0. The molecule has 1 heterocycles. The highest BCUT2D eigenvalue weighted by atomic mass is 16.4. The van der Waals surface area contributed by atoms with Crippen LogP contribution < -0.4 is 4.90 Å². The Hall–Kier alpha value is -2.89. The van der Waals surface area contributed by atoms with Crippen LogP contribution in [-0.4, -0.2) is 46.5 Å². The average Bonchev–Trinajstić information content (AvgIpc) is 3.44. The zero-order valence-corrected chi connectivity index (χ0v) is 13.4. The van der Waals surface area contributed by atoms with E-state index in [9.17, 15) is 9.59 Å². The Morgan fingerprint density at radius 1 is 1.17 bits per heavy atom. The van der Waals surface area contributed by atoms with E-state index < -0.39 is 5.97 Å². The molecule has 1 amide bonds. The summed E-state index contributed by atoms with van der Waals surface area (Å²) in [6.07, 6.45) is 3.23. The number of carbonyl (C=O) groups is 2. The largest absolute Gasteiger partial charge is 0.480 e. The number of hydrogen-bond donors (Lipinski definition) is 1. The number of benzene rings is 1. The standard InChI is InChI=1S/C18H19N3O3/c1-20(14-5-3-2-4-6-14)16-10-7-13(11-19-16)18(24)21(12-17(22)23)15-8-9-15/h2-7,10-11,15H,8-9,12H2,1H3,(H,22,23).